The van der Waals surface area contributed by atoms with Crippen molar-refractivity contribution >= 4 is 15.9 Å². The highest BCUT2D eigenvalue weighted by molar-refractivity contribution is 7.89. The van der Waals surface area contributed by atoms with Crippen molar-refractivity contribution in [2.24, 2.45) is 5.92 Å². The van der Waals surface area contributed by atoms with Crippen LogP contribution in [0.25, 0.3) is 11.1 Å². The molecule has 0 radical (unpaired) electrons. The number of halogens is 1. The Morgan fingerprint density at radius 2 is 1.61 bits per heavy atom. The molecule has 0 aromatic heterocycles. The number of nitrogens with one attached hydrogen (secondary N) is 2. The number of carbonyl (C=O) groups excluding carboxylic acids is 1. The second-order valence-electron chi connectivity index (χ2n) is 9.18. The van der Waals surface area contributed by atoms with Crippen molar-refractivity contribution in [3.8, 4) is 16.9 Å². The molecule has 0 aliphatic heterocycles. The van der Waals surface area contributed by atoms with Crippen LogP contribution < -0.4 is 14.8 Å². The lowest BCUT2D eigenvalue weighted by molar-refractivity contribution is -0.126. The first-order chi connectivity index (χ1) is 17.3. The molecule has 6 nitrogen and oxygen atoms in total. The zero-order valence-corrected chi connectivity index (χ0v) is 21.2. The molecular formula is C28H31FN2O4S. The van der Waals surface area contributed by atoms with Crippen LogP contribution >= 0.6 is 0 Å². The fraction of sp³-hybridized carbons (Fsp3) is 0.321. The van der Waals surface area contributed by atoms with Gasteiger partial charge < -0.3 is 10.1 Å². The van der Waals surface area contributed by atoms with Gasteiger partial charge in [-0.25, -0.2) is 17.5 Å². The van der Waals surface area contributed by atoms with Gasteiger partial charge >= 0.3 is 0 Å². The summed E-state index contributed by atoms with van der Waals surface area (Å²) in [6.45, 7) is 1.86. The molecule has 4 rings (SSSR count). The first kappa shape index (κ1) is 25.9. The van der Waals surface area contributed by atoms with Gasteiger partial charge in [0.1, 0.15) is 16.5 Å². The second kappa shape index (κ2) is 11.2. The number of ether oxygens (including phenoxy) is 1. The number of methoxy groups -OCH3 is 1. The van der Waals surface area contributed by atoms with Gasteiger partial charge in [-0.3, -0.25) is 4.79 Å². The number of hydrogen-bond acceptors (Lipinski definition) is 4. The first-order valence-electron chi connectivity index (χ1n) is 12.1. The van der Waals surface area contributed by atoms with Gasteiger partial charge in [0.05, 0.1) is 13.2 Å². The maximum atomic E-state index is 13.3. The van der Waals surface area contributed by atoms with Gasteiger partial charge in [-0.2, -0.15) is 0 Å². The molecule has 0 bridgehead atoms. The van der Waals surface area contributed by atoms with E-state index in [0.29, 0.717) is 25.7 Å². The Morgan fingerprint density at radius 3 is 2.25 bits per heavy atom. The molecule has 190 valence electrons. The molecule has 2 N–H and O–H groups in total. The lowest BCUT2D eigenvalue weighted by atomic mass is 9.85. The molecule has 3 aromatic carbocycles. The van der Waals surface area contributed by atoms with E-state index in [0.717, 1.165) is 16.7 Å². The van der Waals surface area contributed by atoms with E-state index in [1.54, 1.807) is 24.3 Å². The fourth-order valence-corrected chi connectivity index (χ4v) is 6.12. The predicted molar refractivity (Wildman–Crippen MR) is 137 cm³/mol. The molecule has 1 aliphatic carbocycles. The Morgan fingerprint density at radius 1 is 0.944 bits per heavy atom. The summed E-state index contributed by atoms with van der Waals surface area (Å²) in [7, 11) is -2.38. The standard InChI is InChI=1S/C28H31FN2O4S/c1-19(20-8-13-24(29)14-9-20)30-28(32)22-10-15-25(16-11-22)31-36(33,34)27-18-23(12-17-26(27)35-2)21-6-4-3-5-7-21/h3-9,12-14,17-19,22,25,31H,10-11,15-16H2,1-2H3,(H,30,32)/t19-,22?,25?/m1/s1. The van der Waals surface area contributed by atoms with Crippen LogP contribution in [0.4, 0.5) is 4.39 Å². The van der Waals surface area contributed by atoms with Crippen molar-refractivity contribution in [1.29, 1.82) is 0 Å². The number of hydrogen-bond donors (Lipinski definition) is 2. The zero-order valence-electron chi connectivity index (χ0n) is 20.4. The Kier molecular flexibility index (Phi) is 8.06. The second-order valence-corrected chi connectivity index (χ2v) is 10.9. The van der Waals surface area contributed by atoms with Crippen LogP contribution in [0.5, 0.6) is 5.75 Å². The summed E-state index contributed by atoms with van der Waals surface area (Å²) in [5.41, 5.74) is 2.53. The number of carbonyl (C=O) groups is 1. The summed E-state index contributed by atoms with van der Waals surface area (Å²) in [4.78, 5) is 12.9. The smallest absolute Gasteiger partial charge is 0.244 e. The molecule has 0 heterocycles. The van der Waals surface area contributed by atoms with Gasteiger partial charge in [-0.15, -0.1) is 0 Å². The third kappa shape index (κ3) is 6.12. The Hall–Kier alpha value is -3.23. The largest absolute Gasteiger partial charge is 0.495 e. The average molecular weight is 511 g/mol. The van der Waals surface area contributed by atoms with Crippen LogP contribution in [0.2, 0.25) is 0 Å². The van der Waals surface area contributed by atoms with Gasteiger partial charge in [0.15, 0.2) is 0 Å². The van der Waals surface area contributed by atoms with E-state index < -0.39 is 10.0 Å². The molecule has 3 aromatic rings. The quantitative estimate of drug-likeness (QED) is 0.435. The number of amides is 1. The molecule has 1 fully saturated rings. The molecule has 8 heteroatoms. The van der Waals surface area contributed by atoms with Crippen molar-refractivity contribution in [1.82, 2.24) is 10.0 Å². The SMILES string of the molecule is COc1ccc(-c2ccccc2)cc1S(=O)(=O)NC1CCC(C(=O)N[C@H](C)c2ccc(F)cc2)CC1. The monoisotopic (exact) mass is 510 g/mol. The normalized spacial score (nSPS) is 18.9. The highest BCUT2D eigenvalue weighted by Gasteiger charge is 2.31. The van der Waals surface area contributed by atoms with Crippen molar-refractivity contribution in [2.45, 2.75) is 49.6 Å². The molecule has 0 spiro atoms. The molecule has 1 amide bonds. The Balaban J connectivity index is 1.38. The summed E-state index contributed by atoms with van der Waals surface area (Å²) in [6, 6.07) is 20.3. The summed E-state index contributed by atoms with van der Waals surface area (Å²) < 4.78 is 47.9. The number of rotatable bonds is 8. The first-order valence-corrected chi connectivity index (χ1v) is 13.6. The zero-order chi connectivity index (χ0) is 25.7. The fourth-order valence-electron chi connectivity index (χ4n) is 4.62. The highest BCUT2D eigenvalue weighted by atomic mass is 32.2. The lowest BCUT2D eigenvalue weighted by Crippen LogP contribution is -2.41. The van der Waals surface area contributed by atoms with E-state index in [1.165, 1.54) is 19.2 Å². The average Bonchev–Trinajstić information content (AvgIpc) is 2.89. The van der Waals surface area contributed by atoms with Crippen molar-refractivity contribution in [3.63, 3.8) is 0 Å². The highest BCUT2D eigenvalue weighted by Crippen LogP contribution is 2.32. The van der Waals surface area contributed by atoms with Crippen molar-refractivity contribution in [2.75, 3.05) is 7.11 Å². The minimum Gasteiger partial charge on any atom is -0.495 e. The molecule has 0 saturated heterocycles. The van der Waals surface area contributed by atoms with E-state index in [4.69, 9.17) is 4.74 Å². The molecular weight excluding hydrogens is 479 g/mol. The van der Waals surface area contributed by atoms with Crippen molar-refractivity contribution < 1.29 is 22.3 Å². The number of sulfonamides is 1. The van der Waals surface area contributed by atoms with Gasteiger partial charge in [0.2, 0.25) is 15.9 Å². The van der Waals surface area contributed by atoms with Gasteiger partial charge in [0.25, 0.3) is 0 Å². The van der Waals surface area contributed by atoms with Gasteiger partial charge in [0, 0.05) is 12.0 Å². The topological polar surface area (TPSA) is 84.5 Å². The summed E-state index contributed by atoms with van der Waals surface area (Å²) in [5.74, 6) is -0.289. The molecule has 1 atom stereocenters. The van der Waals surface area contributed by atoms with E-state index in [1.807, 2.05) is 43.3 Å². The summed E-state index contributed by atoms with van der Waals surface area (Å²) >= 11 is 0. The van der Waals surface area contributed by atoms with E-state index in [9.17, 15) is 17.6 Å². The minimum atomic E-state index is -3.84. The summed E-state index contributed by atoms with van der Waals surface area (Å²) in [6.07, 6.45) is 2.28. The van der Waals surface area contributed by atoms with Crippen molar-refractivity contribution in [3.05, 3.63) is 84.2 Å². The van der Waals surface area contributed by atoms with Crippen LogP contribution in [-0.4, -0.2) is 27.5 Å². The predicted octanol–water partition coefficient (Wildman–Crippen LogP) is 5.22. The lowest BCUT2D eigenvalue weighted by Gasteiger charge is -2.29. The van der Waals surface area contributed by atoms with E-state index >= 15 is 0 Å². The van der Waals surface area contributed by atoms with Crippen LogP contribution in [0, 0.1) is 11.7 Å². The third-order valence-electron chi connectivity index (χ3n) is 6.71. The van der Waals surface area contributed by atoms with Crippen LogP contribution in [0.3, 0.4) is 0 Å². The van der Waals surface area contributed by atoms with E-state index in [-0.39, 0.29) is 40.4 Å². The Labute approximate surface area is 211 Å². The molecule has 36 heavy (non-hydrogen) atoms. The molecule has 1 saturated carbocycles. The Bertz CT molecular complexity index is 1290. The maximum Gasteiger partial charge on any atom is 0.244 e. The minimum absolute atomic E-state index is 0.0645. The van der Waals surface area contributed by atoms with Gasteiger partial charge in [-0.1, -0.05) is 48.5 Å². The summed E-state index contributed by atoms with van der Waals surface area (Å²) in [5, 5.41) is 2.99. The van der Waals surface area contributed by atoms with Crippen LogP contribution in [-0.2, 0) is 14.8 Å². The van der Waals surface area contributed by atoms with E-state index in [2.05, 4.69) is 10.0 Å². The molecule has 1 aliphatic rings. The molecule has 0 unspecified atom stereocenters. The van der Waals surface area contributed by atoms with Crippen LogP contribution in [0.1, 0.15) is 44.2 Å². The van der Waals surface area contributed by atoms with Gasteiger partial charge in [-0.05, 0) is 73.6 Å². The number of benzene rings is 3. The maximum absolute atomic E-state index is 13.3. The third-order valence-corrected chi connectivity index (χ3v) is 8.25. The van der Waals surface area contributed by atoms with Crippen LogP contribution in [0.15, 0.2) is 77.7 Å².